The number of anilines is 1. The summed E-state index contributed by atoms with van der Waals surface area (Å²) in [4.78, 5) is 12.9. The van der Waals surface area contributed by atoms with Crippen molar-refractivity contribution in [3.8, 4) is 5.75 Å². The molecule has 3 aromatic carbocycles. The minimum atomic E-state index is -0.235. The highest BCUT2D eigenvalue weighted by Gasteiger charge is 2.13. The fraction of sp³-hybridized carbons (Fsp3) is 0.154. The highest BCUT2D eigenvalue weighted by Crippen LogP contribution is 2.23. The number of hydrogen-bond acceptors (Lipinski definition) is 3. The number of hydrogen-bond donors (Lipinski definition) is 1. The molecule has 0 unspecified atom stereocenters. The van der Waals surface area contributed by atoms with E-state index in [-0.39, 0.29) is 5.91 Å². The van der Waals surface area contributed by atoms with Crippen molar-refractivity contribution in [2.75, 3.05) is 5.32 Å². The molecule has 0 saturated heterocycles. The molecule has 33 heavy (non-hydrogen) atoms. The summed E-state index contributed by atoms with van der Waals surface area (Å²) in [5.74, 6) is 1.07. The fourth-order valence-corrected chi connectivity index (χ4v) is 3.98. The van der Waals surface area contributed by atoms with E-state index in [1.807, 2.05) is 67.7 Å². The Labute approximate surface area is 206 Å². The zero-order valence-corrected chi connectivity index (χ0v) is 20.7. The van der Waals surface area contributed by atoms with Gasteiger partial charge in [0.1, 0.15) is 12.4 Å². The Bertz CT molecular complexity index is 1290. The molecule has 1 amide bonds. The summed E-state index contributed by atoms with van der Waals surface area (Å²) in [6.45, 7) is 5.02. The Balaban J connectivity index is 1.41. The van der Waals surface area contributed by atoms with Crippen LogP contribution in [-0.2, 0) is 13.2 Å². The SMILES string of the molecule is Cc1ccc(OCc2cccc(C(=O)Nc3nn(Cc4ccc(Cl)cc4)cc3Br)c2)c(C)c1. The first kappa shape index (κ1) is 23.1. The smallest absolute Gasteiger partial charge is 0.256 e. The molecule has 0 atom stereocenters. The normalized spacial score (nSPS) is 10.8. The fourth-order valence-electron chi connectivity index (χ4n) is 3.44. The topological polar surface area (TPSA) is 56.1 Å². The molecule has 7 heteroatoms. The first-order valence-corrected chi connectivity index (χ1v) is 11.6. The number of amides is 1. The molecule has 0 aliphatic heterocycles. The summed E-state index contributed by atoms with van der Waals surface area (Å²) in [5, 5.41) is 8.06. The lowest BCUT2D eigenvalue weighted by Crippen LogP contribution is -2.13. The monoisotopic (exact) mass is 523 g/mol. The lowest BCUT2D eigenvalue weighted by atomic mass is 10.1. The van der Waals surface area contributed by atoms with Gasteiger partial charge >= 0.3 is 0 Å². The lowest BCUT2D eigenvalue weighted by molar-refractivity contribution is 0.102. The number of aromatic nitrogens is 2. The van der Waals surface area contributed by atoms with Crippen molar-refractivity contribution >= 4 is 39.3 Å². The van der Waals surface area contributed by atoms with Crippen LogP contribution in [0, 0.1) is 13.8 Å². The lowest BCUT2D eigenvalue weighted by Gasteiger charge is -2.11. The quantitative estimate of drug-likeness (QED) is 0.289. The van der Waals surface area contributed by atoms with Gasteiger partial charge in [-0.05, 0) is 76.8 Å². The van der Waals surface area contributed by atoms with Crippen molar-refractivity contribution < 1.29 is 9.53 Å². The van der Waals surface area contributed by atoms with Crippen LogP contribution in [0.25, 0.3) is 0 Å². The van der Waals surface area contributed by atoms with E-state index in [1.165, 1.54) is 5.56 Å². The number of benzene rings is 3. The van der Waals surface area contributed by atoms with Gasteiger partial charge in [-0.15, -0.1) is 0 Å². The number of aryl methyl sites for hydroxylation is 2. The molecular formula is C26H23BrClN3O2. The highest BCUT2D eigenvalue weighted by atomic mass is 79.9. The second-order valence-electron chi connectivity index (χ2n) is 7.86. The summed E-state index contributed by atoms with van der Waals surface area (Å²) in [7, 11) is 0. The van der Waals surface area contributed by atoms with E-state index in [0.717, 1.165) is 22.4 Å². The Hall–Kier alpha value is -3.09. The van der Waals surface area contributed by atoms with Gasteiger partial charge < -0.3 is 10.1 Å². The van der Waals surface area contributed by atoms with Gasteiger partial charge in [0.25, 0.3) is 5.91 Å². The summed E-state index contributed by atoms with van der Waals surface area (Å²) in [6.07, 6.45) is 1.83. The van der Waals surface area contributed by atoms with E-state index in [4.69, 9.17) is 16.3 Å². The molecule has 0 bridgehead atoms. The average molecular weight is 525 g/mol. The van der Waals surface area contributed by atoms with Gasteiger partial charge in [0.2, 0.25) is 0 Å². The van der Waals surface area contributed by atoms with Crippen LogP contribution in [0.4, 0.5) is 5.82 Å². The van der Waals surface area contributed by atoms with Crippen LogP contribution < -0.4 is 10.1 Å². The summed E-state index contributed by atoms with van der Waals surface area (Å²) in [5.41, 5.74) is 4.79. The van der Waals surface area contributed by atoms with Crippen molar-refractivity contribution in [1.82, 2.24) is 9.78 Å². The Kier molecular flexibility index (Phi) is 7.16. The molecule has 0 aliphatic carbocycles. The minimum Gasteiger partial charge on any atom is -0.489 e. The van der Waals surface area contributed by atoms with Crippen LogP contribution in [0.1, 0.15) is 32.6 Å². The second-order valence-corrected chi connectivity index (χ2v) is 9.15. The molecular weight excluding hydrogens is 502 g/mol. The number of ether oxygens (including phenoxy) is 1. The van der Waals surface area contributed by atoms with E-state index < -0.39 is 0 Å². The summed E-state index contributed by atoms with van der Waals surface area (Å²) >= 11 is 9.43. The maximum absolute atomic E-state index is 12.9. The van der Waals surface area contributed by atoms with Gasteiger partial charge in [-0.2, -0.15) is 5.10 Å². The molecule has 1 N–H and O–H groups in total. The van der Waals surface area contributed by atoms with Gasteiger partial charge in [0.05, 0.1) is 11.0 Å². The Morgan fingerprint density at radius 2 is 1.85 bits per heavy atom. The van der Waals surface area contributed by atoms with E-state index >= 15 is 0 Å². The van der Waals surface area contributed by atoms with Crippen LogP contribution in [0.2, 0.25) is 5.02 Å². The number of nitrogens with one attached hydrogen (secondary N) is 1. The van der Waals surface area contributed by atoms with E-state index in [0.29, 0.717) is 34.0 Å². The second kappa shape index (κ2) is 10.2. The van der Waals surface area contributed by atoms with Gasteiger partial charge in [-0.25, -0.2) is 0 Å². The minimum absolute atomic E-state index is 0.235. The zero-order chi connectivity index (χ0) is 23.4. The van der Waals surface area contributed by atoms with Crippen LogP contribution >= 0.6 is 27.5 Å². The first-order valence-electron chi connectivity index (χ1n) is 10.4. The predicted octanol–water partition coefficient (Wildman–Crippen LogP) is 6.80. The van der Waals surface area contributed by atoms with Crippen molar-refractivity contribution in [3.05, 3.63) is 110 Å². The molecule has 0 fully saturated rings. The summed E-state index contributed by atoms with van der Waals surface area (Å²) < 4.78 is 8.42. The highest BCUT2D eigenvalue weighted by molar-refractivity contribution is 9.10. The van der Waals surface area contributed by atoms with Crippen LogP contribution in [0.3, 0.4) is 0 Å². The predicted molar refractivity (Wildman–Crippen MR) is 135 cm³/mol. The molecule has 0 spiro atoms. The third kappa shape index (κ3) is 6.03. The van der Waals surface area contributed by atoms with Gasteiger partial charge in [0.15, 0.2) is 5.82 Å². The molecule has 4 rings (SSSR count). The average Bonchev–Trinajstić information content (AvgIpc) is 3.13. The molecule has 0 aliphatic rings. The molecule has 0 saturated carbocycles. The summed E-state index contributed by atoms with van der Waals surface area (Å²) in [6, 6.07) is 21.1. The maximum Gasteiger partial charge on any atom is 0.256 e. The van der Waals surface area contributed by atoms with Crippen molar-refractivity contribution in [3.63, 3.8) is 0 Å². The van der Waals surface area contributed by atoms with Crippen LogP contribution in [-0.4, -0.2) is 15.7 Å². The molecule has 168 valence electrons. The maximum atomic E-state index is 12.9. The largest absolute Gasteiger partial charge is 0.489 e. The molecule has 1 heterocycles. The van der Waals surface area contributed by atoms with Crippen molar-refractivity contribution in [1.29, 1.82) is 0 Å². The van der Waals surface area contributed by atoms with E-state index in [9.17, 15) is 4.79 Å². The molecule has 5 nitrogen and oxygen atoms in total. The molecule has 4 aromatic rings. The number of carbonyl (C=O) groups excluding carboxylic acids is 1. The number of halogens is 2. The van der Waals surface area contributed by atoms with Gasteiger partial charge in [-0.3, -0.25) is 9.48 Å². The molecule has 1 aromatic heterocycles. The third-order valence-electron chi connectivity index (χ3n) is 5.12. The van der Waals surface area contributed by atoms with Crippen molar-refractivity contribution in [2.45, 2.75) is 27.0 Å². The van der Waals surface area contributed by atoms with Gasteiger partial charge in [-0.1, -0.05) is 53.6 Å². The number of rotatable bonds is 7. The zero-order valence-electron chi connectivity index (χ0n) is 18.3. The van der Waals surface area contributed by atoms with Crippen molar-refractivity contribution in [2.24, 2.45) is 0 Å². The third-order valence-corrected chi connectivity index (χ3v) is 5.95. The first-order chi connectivity index (χ1) is 15.9. The Morgan fingerprint density at radius 1 is 1.06 bits per heavy atom. The number of carbonyl (C=O) groups is 1. The Morgan fingerprint density at radius 3 is 2.61 bits per heavy atom. The van der Waals surface area contributed by atoms with E-state index in [2.05, 4.69) is 39.3 Å². The van der Waals surface area contributed by atoms with Gasteiger partial charge in [0, 0.05) is 16.8 Å². The van der Waals surface area contributed by atoms with E-state index in [1.54, 1.807) is 10.7 Å². The van der Waals surface area contributed by atoms with Crippen LogP contribution in [0.15, 0.2) is 77.4 Å². The van der Waals surface area contributed by atoms with Crippen LogP contribution in [0.5, 0.6) is 5.75 Å². The number of nitrogens with zero attached hydrogens (tertiary/aromatic N) is 2. The molecule has 0 radical (unpaired) electrons. The standard InChI is InChI=1S/C26H23BrClN3O2/c1-17-6-11-24(18(2)12-17)33-16-20-4-3-5-21(13-20)26(32)29-25-23(27)15-31(30-25)14-19-7-9-22(28)10-8-19/h3-13,15H,14,16H2,1-2H3,(H,29,30,32).